The van der Waals surface area contributed by atoms with E-state index in [1.807, 2.05) is 91.0 Å². The number of aromatic amines is 2. The largest absolute Gasteiger partial charge is 0.354 e. The van der Waals surface area contributed by atoms with Gasteiger partial charge in [0.15, 0.2) is 0 Å². The molecule has 60 heavy (non-hydrogen) atoms. The average molecular weight is 762 g/mol. The predicted octanol–water partition coefficient (Wildman–Crippen LogP) is 12.9. The first-order valence-electron chi connectivity index (χ1n) is 19.9. The number of H-pyrrole nitrogens is 2. The third-order valence-electron chi connectivity index (χ3n) is 10.5. The van der Waals surface area contributed by atoms with Crippen LogP contribution in [0.3, 0.4) is 0 Å². The van der Waals surface area contributed by atoms with Crippen molar-refractivity contribution in [2.75, 3.05) is 0 Å². The maximum absolute atomic E-state index is 5.36. The number of nitrogens with one attached hydrogen (secondary N) is 2. The van der Waals surface area contributed by atoms with Crippen molar-refractivity contribution in [2.45, 2.75) is 0 Å². The number of rotatable bonds is 3. The number of hydrogen-bond acceptors (Lipinski definition) is 1. The van der Waals surface area contributed by atoms with Crippen molar-refractivity contribution < 1.29 is 0 Å². The Kier molecular flexibility index (Phi) is 9.63. The smallest absolute Gasteiger partial charge is 0.0737 e. The fourth-order valence-electron chi connectivity index (χ4n) is 7.51. The lowest BCUT2D eigenvalue weighted by Gasteiger charge is -2.07. The third-order valence-corrected chi connectivity index (χ3v) is 10.5. The van der Waals surface area contributed by atoms with E-state index in [2.05, 4.69) is 155 Å². The summed E-state index contributed by atoms with van der Waals surface area (Å²) in [7, 11) is 0. The lowest BCUT2D eigenvalue weighted by molar-refractivity contribution is 1.32. The molecule has 0 fully saturated rings. The Morgan fingerprint density at radius 3 is 0.850 bits per heavy atom. The summed E-state index contributed by atoms with van der Waals surface area (Å²) in [4.78, 5) is 13.0. The van der Waals surface area contributed by atoms with Crippen LogP contribution in [0, 0.1) is 35.5 Å². The molecule has 0 atom stereocenters. The molecule has 0 unspecified atom stereocenters. The van der Waals surface area contributed by atoms with E-state index < -0.39 is 0 Å². The molecule has 10 rings (SSSR count). The molecule has 0 amide bonds. The monoisotopic (exact) mass is 761 g/mol. The van der Waals surface area contributed by atoms with Crippen molar-refractivity contribution in [3.63, 3.8) is 0 Å². The Hall–Kier alpha value is -8.55. The number of aromatic nitrogens is 3. The maximum atomic E-state index is 5.36. The van der Waals surface area contributed by atoms with Crippen LogP contribution in [-0.2, 0) is 0 Å². The van der Waals surface area contributed by atoms with Crippen molar-refractivity contribution in [3.05, 3.63) is 233 Å². The molecular formula is C57H35N3. The topological polar surface area (TPSA) is 44.5 Å². The molecule has 9 aromatic rings. The lowest BCUT2D eigenvalue weighted by Crippen LogP contribution is -1.89. The highest BCUT2D eigenvalue weighted by Crippen LogP contribution is 2.37. The number of hydrogen-bond donors (Lipinski definition) is 2. The molecule has 0 saturated carbocycles. The standard InChI is InChI=1S/C57H35N3/c1-4-10-40(11-5-1)16-19-43-22-28-46(29-23-43)55-49-34-36-51(58-49)56(47-30-24-44(25-31-47)20-17-41-12-6-2-7-13-41)53-38-39-54(60-53)57(52-37-35-50(55)59-52)48-32-26-45(27-33-48)21-18-42-14-8-3-9-15-42/h1-15,22-39,58-59H. The minimum absolute atomic E-state index is 0.875. The Balaban J connectivity index is 1.14. The van der Waals surface area contributed by atoms with Crippen LogP contribution in [0.1, 0.15) is 44.8 Å². The second kappa shape index (κ2) is 16.1. The summed E-state index contributed by atoms with van der Waals surface area (Å²) in [5.41, 5.74) is 17.7. The van der Waals surface area contributed by atoms with E-state index in [-0.39, 0.29) is 0 Å². The third kappa shape index (κ3) is 7.62. The number of fused-ring (bicyclic) bond motifs is 6. The van der Waals surface area contributed by atoms with Gasteiger partial charge in [-0.1, -0.05) is 127 Å². The minimum atomic E-state index is 0.875. The molecule has 6 aromatic carbocycles. The molecule has 0 radical (unpaired) electrons. The first kappa shape index (κ1) is 35.8. The quantitative estimate of drug-likeness (QED) is 0.173. The first-order valence-corrected chi connectivity index (χ1v) is 19.9. The zero-order chi connectivity index (χ0) is 40.1. The van der Waals surface area contributed by atoms with Crippen LogP contribution >= 0.6 is 0 Å². The molecule has 3 nitrogen and oxygen atoms in total. The highest BCUT2D eigenvalue weighted by Gasteiger charge is 2.17. The molecule has 4 heterocycles. The molecule has 278 valence electrons. The van der Waals surface area contributed by atoms with E-state index in [4.69, 9.17) is 4.98 Å². The first-order chi connectivity index (χ1) is 29.7. The van der Waals surface area contributed by atoms with E-state index in [1.54, 1.807) is 0 Å². The van der Waals surface area contributed by atoms with Gasteiger partial charge in [0.05, 0.1) is 11.4 Å². The summed E-state index contributed by atoms with van der Waals surface area (Å²) in [6, 6.07) is 64.2. The second-order valence-corrected chi connectivity index (χ2v) is 14.5. The van der Waals surface area contributed by atoms with Crippen LogP contribution in [0.4, 0.5) is 0 Å². The van der Waals surface area contributed by atoms with E-state index in [0.29, 0.717) is 0 Å². The normalized spacial score (nSPS) is 10.9. The van der Waals surface area contributed by atoms with Gasteiger partial charge in [-0.3, -0.25) is 0 Å². The van der Waals surface area contributed by atoms with Gasteiger partial charge in [-0.25, -0.2) is 4.98 Å². The highest BCUT2D eigenvalue weighted by atomic mass is 14.8. The summed E-state index contributed by atoms with van der Waals surface area (Å²) in [6.45, 7) is 0. The van der Waals surface area contributed by atoms with Crippen LogP contribution < -0.4 is 0 Å². The van der Waals surface area contributed by atoms with Crippen LogP contribution in [0.2, 0.25) is 0 Å². The molecule has 1 aliphatic rings. The molecule has 2 N–H and O–H groups in total. The van der Waals surface area contributed by atoms with Crippen molar-refractivity contribution in [1.82, 2.24) is 15.0 Å². The summed E-state index contributed by atoms with van der Waals surface area (Å²) in [6.07, 6.45) is 4.24. The lowest BCUT2D eigenvalue weighted by atomic mass is 10.0. The van der Waals surface area contributed by atoms with E-state index in [0.717, 1.165) is 100 Å². The molecule has 1 aliphatic heterocycles. The van der Waals surface area contributed by atoms with Crippen LogP contribution in [-0.4, -0.2) is 15.0 Å². The predicted molar refractivity (Wildman–Crippen MR) is 248 cm³/mol. The van der Waals surface area contributed by atoms with E-state index in [9.17, 15) is 0 Å². The Labute approximate surface area is 349 Å². The molecule has 3 aromatic heterocycles. The zero-order valence-electron chi connectivity index (χ0n) is 32.5. The van der Waals surface area contributed by atoms with Gasteiger partial charge in [-0.15, -0.1) is 0 Å². The molecule has 0 spiro atoms. The average Bonchev–Trinajstić information content (AvgIpc) is 4.10. The van der Waals surface area contributed by atoms with Crippen molar-refractivity contribution in [2.24, 2.45) is 0 Å². The van der Waals surface area contributed by atoms with Gasteiger partial charge in [-0.05, 0) is 126 Å². The fourth-order valence-corrected chi connectivity index (χ4v) is 7.51. The Morgan fingerprint density at radius 1 is 0.267 bits per heavy atom. The number of benzene rings is 6. The summed E-state index contributed by atoms with van der Waals surface area (Å²) >= 11 is 0. The van der Waals surface area contributed by atoms with Crippen LogP contribution in [0.5, 0.6) is 0 Å². The SMILES string of the molecule is C(#Cc1ccc(-c2c3nc(c(-c4ccc(C#Cc5ccccc5)cc4)c4ccc([nH]4)c(-c4ccc(C#Cc5ccccc5)cc4)c4ccc2[nH]4)C=C3)cc1)c1ccccc1. The van der Waals surface area contributed by atoms with Gasteiger partial charge in [0.2, 0.25) is 0 Å². The van der Waals surface area contributed by atoms with E-state index in [1.165, 1.54) is 0 Å². The van der Waals surface area contributed by atoms with Gasteiger partial charge >= 0.3 is 0 Å². The van der Waals surface area contributed by atoms with Crippen molar-refractivity contribution >= 4 is 34.2 Å². The summed E-state index contributed by atoms with van der Waals surface area (Å²) in [5, 5.41) is 0. The van der Waals surface area contributed by atoms with Gasteiger partial charge in [0.25, 0.3) is 0 Å². The molecule has 6 bridgehead atoms. The van der Waals surface area contributed by atoms with Gasteiger partial charge in [0.1, 0.15) is 0 Å². The Morgan fingerprint density at radius 2 is 0.533 bits per heavy atom. The molecule has 0 saturated heterocycles. The maximum Gasteiger partial charge on any atom is 0.0737 e. The zero-order valence-corrected chi connectivity index (χ0v) is 32.5. The van der Waals surface area contributed by atoms with Crippen molar-refractivity contribution in [3.8, 4) is 68.9 Å². The van der Waals surface area contributed by atoms with Crippen LogP contribution in [0.25, 0.3) is 67.6 Å². The van der Waals surface area contributed by atoms with Crippen LogP contribution in [0.15, 0.2) is 188 Å². The second-order valence-electron chi connectivity index (χ2n) is 14.5. The fraction of sp³-hybridized carbons (Fsp3) is 0. The minimum Gasteiger partial charge on any atom is -0.354 e. The molecule has 0 aliphatic carbocycles. The Bertz CT molecular complexity index is 3140. The van der Waals surface area contributed by atoms with Gasteiger partial charge in [0, 0.05) is 72.1 Å². The van der Waals surface area contributed by atoms with Crippen molar-refractivity contribution in [1.29, 1.82) is 0 Å². The molecule has 3 heteroatoms. The summed E-state index contributed by atoms with van der Waals surface area (Å²) < 4.78 is 0. The van der Waals surface area contributed by atoms with E-state index >= 15 is 0 Å². The summed E-state index contributed by atoms with van der Waals surface area (Å²) in [5.74, 6) is 19.8. The van der Waals surface area contributed by atoms with Gasteiger partial charge in [-0.2, -0.15) is 0 Å². The molecular weight excluding hydrogens is 727 g/mol. The van der Waals surface area contributed by atoms with Gasteiger partial charge < -0.3 is 9.97 Å². The number of nitrogens with zero attached hydrogens (tertiary/aromatic N) is 1. The highest BCUT2D eigenvalue weighted by molar-refractivity contribution is 6.00.